The van der Waals surface area contributed by atoms with Crippen molar-refractivity contribution in [1.29, 1.82) is 0 Å². The highest BCUT2D eigenvalue weighted by Gasteiger charge is 2.22. The van der Waals surface area contributed by atoms with Crippen LogP contribution in [0, 0.1) is 0 Å². The Morgan fingerprint density at radius 3 is 2.60 bits per heavy atom. The van der Waals surface area contributed by atoms with Crippen molar-refractivity contribution < 1.29 is 4.79 Å². The molecule has 1 unspecified atom stereocenters. The first-order valence-corrected chi connectivity index (χ1v) is 7.63. The number of hydrogen-bond donors (Lipinski definition) is 0. The van der Waals surface area contributed by atoms with Gasteiger partial charge in [-0.05, 0) is 44.4 Å². The molecule has 1 aliphatic rings. The number of allylic oxidation sites excluding steroid dienone is 1. The largest absolute Gasteiger partial charge is 0.339 e. The number of halogens is 1. The van der Waals surface area contributed by atoms with E-state index in [0.717, 1.165) is 36.5 Å². The van der Waals surface area contributed by atoms with E-state index in [9.17, 15) is 4.79 Å². The number of likely N-dealkylation sites (tertiary alicyclic amines) is 1. The lowest BCUT2D eigenvalue weighted by Gasteiger charge is -2.24. The molecule has 0 N–H and O–H groups in total. The summed E-state index contributed by atoms with van der Waals surface area (Å²) in [7, 11) is 0. The maximum atomic E-state index is 12.2. The van der Waals surface area contributed by atoms with E-state index < -0.39 is 0 Å². The zero-order valence-corrected chi connectivity index (χ0v) is 13.0. The van der Waals surface area contributed by atoms with Crippen molar-refractivity contribution in [2.24, 2.45) is 0 Å². The van der Waals surface area contributed by atoms with E-state index in [4.69, 9.17) is 11.6 Å². The van der Waals surface area contributed by atoms with E-state index in [1.54, 1.807) is 6.08 Å². The Labute approximate surface area is 126 Å². The highest BCUT2D eigenvalue weighted by molar-refractivity contribution is 6.30. The van der Waals surface area contributed by atoms with Crippen molar-refractivity contribution in [2.45, 2.75) is 39.0 Å². The van der Waals surface area contributed by atoms with E-state index >= 15 is 0 Å². The zero-order chi connectivity index (χ0) is 14.5. The summed E-state index contributed by atoms with van der Waals surface area (Å²) in [5.41, 5.74) is 2.34. The minimum absolute atomic E-state index is 0.144. The van der Waals surface area contributed by atoms with Crippen LogP contribution in [0.3, 0.4) is 0 Å². The predicted molar refractivity (Wildman–Crippen MR) is 84.1 cm³/mol. The second-order valence-corrected chi connectivity index (χ2v) is 6.19. The van der Waals surface area contributed by atoms with E-state index in [1.807, 2.05) is 30.9 Å². The summed E-state index contributed by atoms with van der Waals surface area (Å²) in [6.45, 7) is 5.61. The smallest absolute Gasteiger partial charge is 0.246 e. The van der Waals surface area contributed by atoms with Crippen LogP contribution in [0.1, 0.15) is 44.6 Å². The molecule has 0 aliphatic carbocycles. The summed E-state index contributed by atoms with van der Waals surface area (Å²) < 4.78 is 0. The molecular formula is C17H22ClNO. The summed E-state index contributed by atoms with van der Waals surface area (Å²) in [6, 6.07) is 8.04. The first kappa shape index (κ1) is 15.1. The fourth-order valence-corrected chi connectivity index (χ4v) is 2.81. The van der Waals surface area contributed by atoms with Gasteiger partial charge in [0.25, 0.3) is 0 Å². The predicted octanol–water partition coefficient (Wildman–Crippen LogP) is 4.40. The van der Waals surface area contributed by atoms with Gasteiger partial charge in [0.05, 0.1) is 0 Å². The average molecular weight is 292 g/mol. The molecule has 0 spiro atoms. The fourth-order valence-electron chi connectivity index (χ4n) is 2.69. The van der Waals surface area contributed by atoms with Gasteiger partial charge in [-0.1, -0.05) is 35.7 Å². The van der Waals surface area contributed by atoms with Gasteiger partial charge in [0.1, 0.15) is 0 Å². The topological polar surface area (TPSA) is 20.3 Å². The van der Waals surface area contributed by atoms with Crippen molar-refractivity contribution in [3.63, 3.8) is 0 Å². The Kier molecular flexibility index (Phi) is 5.24. The number of rotatable bonds is 2. The molecule has 0 bridgehead atoms. The summed E-state index contributed by atoms with van der Waals surface area (Å²) in [5, 5.41) is 0.764. The monoisotopic (exact) mass is 291 g/mol. The molecular weight excluding hydrogens is 270 g/mol. The van der Waals surface area contributed by atoms with Crippen LogP contribution in [-0.4, -0.2) is 23.9 Å². The molecule has 108 valence electrons. The van der Waals surface area contributed by atoms with Crippen LogP contribution in [0.4, 0.5) is 0 Å². The van der Waals surface area contributed by atoms with Crippen molar-refractivity contribution in [3.05, 3.63) is 46.5 Å². The van der Waals surface area contributed by atoms with Crippen molar-refractivity contribution in [3.8, 4) is 0 Å². The fraction of sp³-hybridized carbons (Fsp3) is 0.471. The molecule has 1 heterocycles. The first-order chi connectivity index (χ1) is 9.56. The second-order valence-electron chi connectivity index (χ2n) is 5.75. The van der Waals surface area contributed by atoms with Gasteiger partial charge in [-0.3, -0.25) is 4.79 Å². The number of carbonyl (C=O) groups is 1. The number of amides is 1. The minimum Gasteiger partial charge on any atom is -0.339 e. The van der Waals surface area contributed by atoms with E-state index in [0.29, 0.717) is 5.92 Å². The Bertz CT molecular complexity index is 488. The minimum atomic E-state index is 0.144. The van der Waals surface area contributed by atoms with Crippen molar-refractivity contribution >= 4 is 17.5 Å². The standard InChI is InChI=1S/C17H22ClNO/c1-13(2)11-17(20)19-10-4-3-5-15(12-19)14-6-8-16(18)9-7-14/h6-9,11,15H,3-5,10,12H2,1-2H3. The van der Waals surface area contributed by atoms with Gasteiger partial charge in [0.2, 0.25) is 5.91 Å². The molecule has 3 heteroatoms. The van der Waals surface area contributed by atoms with Gasteiger partial charge < -0.3 is 4.90 Å². The maximum Gasteiger partial charge on any atom is 0.246 e. The normalized spacial score (nSPS) is 19.4. The van der Waals surface area contributed by atoms with Gasteiger partial charge in [-0.25, -0.2) is 0 Å². The molecule has 1 atom stereocenters. The molecule has 2 rings (SSSR count). The molecule has 1 aliphatic heterocycles. The van der Waals surface area contributed by atoms with Gasteiger partial charge in [0.15, 0.2) is 0 Å². The van der Waals surface area contributed by atoms with E-state index in [2.05, 4.69) is 12.1 Å². The van der Waals surface area contributed by atoms with Crippen molar-refractivity contribution in [2.75, 3.05) is 13.1 Å². The highest BCUT2D eigenvalue weighted by Crippen LogP contribution is 2.27. The van der Waals surface area contributed by atoms with Gasteiger partial charge in [-0.15, -0.1) is 0 Å². The van der Waals surface area contributed by atoms with Crippen LogP contribution in [0.15, 0.2) is 35.9 Å². The van der Waals surface area contributed by atoms with Gasteiger partial charge >= 0.3 is 0 Å². The lowest BCUT2D eigenvalue weighted by Crippen LogP contribution is -2.32. The number of nitrogens with zero attached hydrogens (tertiary/aromatic N) is 1. The van der Waals surface area contributed by atoms with E-state index in [1.165, 1.54) is 12.0 Å². The van der Waals surface area contributed by atoms with Crippen LogP contribution in [-0.2, 0) is 4.79 Å². The molecule has 0 saturated carbocycles. The Balaban J connectivity index is 2.12. The second kappa shape index (κ2) is 6.94. The van der Waals surface area contributed by atoms with Gasteiger partial charge in [-0.2, -0.15) is 0 Å². The number of benzene rings is 1. The van der Waals surface area contributed by atoms with Gasteiger partial charge in [0, 0.05) is 30.1 Å². The Morgan fingerprint density at radius 1 is 1.25 bits per heavy atom. The average Bonchev–Trinajstić information content (AvgIpc) is 2.64. The quantitative estimate of drug-likeness (QED) is 0.740. The summed E-state index contributed by atoms with van der Waals surface area (Å²) >= 11 is 5.95. The lowest BCUT2D eigenvalue weighted by molar-refractivity contribution is -0.126. The van der Waals surface area contributed by atoms with E-state index in [-0.39, 0.29) is 5.91 Å². The molecule has 0 aromatic heterocycles. The van der Waals surface area contributed by atoms with Crippen LogP contribution in [0.5, 0.6) is 0 Å². The summed E-state index contributed by atoms with van der Waals surface area (Å²) in [4.78, 5) is 14.2. The van der Waals surface area contributed by atoms with Crippen LogP contribution < -0.4 is 0 Å². The molecule has 1 aromatic carbocycles. The third kappa shape index (κ3) is 4.11. The van der Waals surface area contributed by atoms with Crippen molar-refractivity contribution in [1.82, 2.24) is 4.90 Å². The summed E-state index contributed by atoms with van der Waals surface area (Å²) in [5.74, 6) is 0.565. The third-order valence-corrected chi connectivity index (χ3v) is 3.99. The molecule has 1 fully saturated rings. The number of hydrogen-bond acceptors (Lipinski definition) is 1. The zero-order valence-electron chi connectivity index (χ0n) is 12.2. The molecule has 1 amide bonds. The molecule has 1 saturated heterocycles. The molecule has 20 heavy (non-hydrogen) atoms. The highest BCUT2D eigenvalue weighted by atomic mass is 35.5. The Hall–Kier alpha value is -1.28. The third-order valence-electron chi connectivity index (χ3n) is 3.74. The molecule has 1 aromatic rings. The summed E-state index contributed by atoms with van der Waals surface area (Å²) in [6.07, 6.45) is 5.14. The SMILES string of the molecule is CC(C)=CC(=O)N1CCCCC(c2ccc(Cl)cc2)C1. The Morgan fingerprint density at radius 2 is 1.95 bits per heavy atom. The molecule has 0 radical (unpaired) electrons. The number of carbonyl (C=O) groups excluding carboxylic acids is 1. The lowest BCUT2D eigenvalue weighted by atomic mass is 9.94. The maximum absolute atomic E-state index is 12.2. The first-order valence-electron chi connectivity index (χ1n) is 7.25. The van der Waals surface area contributed by atoms with Crippen LogP contribution in [0.25, 0.3) is 0 Å². The molecule has 2 nitrogen and oxygen atoms in total. The van der Waals surface area contributed by atoms with Crippen LogP contribution in [0.2, 0.25) is 5.02 Å². The van der Waals surface area contributed by atoms with Crippen LogP contribution >= 0.6 is 11.6 Å².